The Balaban J connectivity index is 2.09. The minimum atomic E-state index is -0.577. The summed E-state index contributed by atoms with van der Waals surface area (Å²) in [6, 6.07) is 7.18. The fourth-order valence-electron chi connectivity index (χ4n) is 3.01. The highest BCUT2D eigenvalue weighted by Gasteiger charge is 2.26. The number of halogens is 2. The molecule has 0 spiro atoms. The maximum absolute atomic E-state index is 14.2. The van der Waals surface area contributed by atoms with Gasteiger partial charge < -0.3 is 14.8 Å². The Bertz CT molecular complexity index is 718. The first-order valence-corrected chi connectivity index (χ1v) is 7.66. The highest BCUT2D eigenvalue weighted by molar-refractivity contribution is 5.51. The van der Waals surface area contributed by atoms with Crippen LogP contribution in [-0.2, 0) is 6.42 Å². The minimum Gasteiger partial charge on any atom is -0.493 e. The van der Waals surface area contributed by atoms with E-state index in [1.807, 2.05) is 19.1 Å². The Morgan fingerprint density at radius 3 is 2.65 bits per heavy atom. The van der Waals surface area contributed by atoms with E-state index in [0.717, 1.165) is 23.6 Å². The number of fused-ring (bicyclic) bond motifs is 1. The second-order valence-corrected chi connectivity index (χ2v) is 5.44. The maximum atomic E-state index is 14.2. The van der Waals surface area contributed by atoms with E-state index in [2.05, 4.69) is 5.32 Å². The summed E-state index contributed by atoms with van der Waals surface area (Å²) < 4.78 is 38.4. The van der Waals surface area contributed by atoms with Crippen LogP contribution in [0.2, 0.25) is 0 Å². The smallest absolute Gasteiger partial charge is 0.161 e. The van der Waals surface area contributed by atoms with Crippen molar-refractivity contribution in [1.82, 2.24) is 5.32 Å². The average Bonchev–Trinajstić information content (AvgIpc) is 2.54. The van der Waals surface area contributed by atoms with Gasteiger partial charge >= 0.3 is 0 Å². The predicted octanol–water partition coefficient (Wildman–Crippen LogP) is 3.61. The van der Waals surface area contributed by atoms with Gasteiger partial charge in [-0.25, -0.2) is 8.78 Å². The number of hydrogen-bond donors (Lipinski definition) is 1. The summed E-state index contributed by atoms with van der Waals surface area (Å²) in [5.41, 5.74) is 2.45. The summed E-state index contributed by atoms with van der Waals surface area (Å²) in [5.74, 6) is 0.173. The molecule has 0 amide bonds. The summed E-state index contributed by atoms with van der Waals surface area (Å²) in [6.45, 7) is 3.12. The fraction of sp³-hybridized carbons (Fsp3) is 0.333. The lowest BCUT2D eigenvalue weighted by molar-refractivity contribution is 0.309. The van der Waals surface area contributed by atoms with E-state index in [0.29, 0.717) is 30.2 Å². The molecule has 3 nitrogen and oxygen atoms in total. The number of rotatable bonds is 4. The molecule has 1 heterocycles. The molecule has 5 heteroatoms. The van der Waals surface area contributed by atoms with Crippen LogP contribution in [0.15, 0.2) is 30.3 Å². The van der Waals surface area contributed by atoms with Crippen LogP contribution in [0.4, 0.5) is 8.78 Å². The second-order valence-electron chi connectivity index (χ2n) is 5.44. The van der Waals surface area contributed by atoms with Gasteiger partial charge in [0.15, 0.2) is 11.5 Å². The summed E-state index contributed by atoms with van der Waals surface area (Å²) in [4.78, 5) is 0. The van der Waals surface area contributed by atoms with Crippen LogP contribution in [0.3, 0.4) is 0 Å². The molecule has 1 atom stereocenters. The lowest BCUT2D eigenvalue weighted by Gasteiger charge is -2.29. The molecule has 0 fully saturated rings. The van der Waals surface area contributed by atoms with Crippen LogP contribution in [-0.4, -0.2) is 20.3 Å². The van der Waals surface area contributed by atoms with Gasteiger partial charge in [-0.05, 0) is 42.7 Å². The molecule has 2 aromatic carbocycles. The number of nitrogens with one attached hydrogen (secondary N) is 1. The van der Waals surface area contributed by atoms with Crippen LogP contribution in [0, 0.1) is 11.6 Å². The molecule has 0 saturated heterocycles. The van der Waals surface area contributed by atoms with Crippen molar-refractivity contribution in [3.05, 3.63) is 58.7 Å². The van der Waals surface area contributed by atoms with Crippen molar-refractivity contribution in [3.63, 3.8) is 0 Å². The van der Waals surface area contributed by atoms with E-state index < -0.39 is 11.6 Å². The Labute approximate surface area is 134 Å². The van der Waals surface area contributed by atoms with Crippen molar-refractivity contribution in [2.75, 3.05) is 20.3 Å². The number of hydrogen-bond acceptors (Lipinski definition) is 3. The molecule has 23 heavy (non-hydrogen) atoms. The maximum Gasteiger partial charge on any atom is 0.161 e. The lowest BCUT2D eigenvalue weighted by atomic mass is 9.89. The van der Waals surface area contributed by atoms with E-state index in [4.69, 9.17) is 9.47 Å². The molecule has 2 aromatic rings. The first-order chi connectivity index (χ1) is 11.1. The molecular formula is C18H19F2NO2. The molecular weight excluding hydrogens is 300 g/mol. The third-order valence-electron chi connectivity index (χ3n) is 4.05. The molecule has 0 aliphatic carbocycles. The van der Waals surface area contributed by atoms with Crippen LogP contribution in [0.1, 0.15) is 29.7 Å². The zero-order valence-corrected chi connectivity index (χ0v) is 13.2. The fourth-order valence-corrected chi connectivity index (χ4v) is 3.01. The first-order valence-electron chi connectivity index (χ1n) is 7.66. The SMILES string of the molecule is CCOc1cc2c(cc1OC)CCNC2c1ccc(F)cc1F. The van der Waals surface area contributed by atoms with Crippen molar-refractivity contribution >= 4 is 0 Å². The van der Waals surface area contributed by atoms with Crippen molar-refractivity contribution in [3.8, 4) is 11.5 Å². The van der Waals surface area contributed by atoms with E-state index in [1.165, 1.54) is 12.1 Å². The highest BCUT2D eigenvalue weighted by Crippen LogP contribution is 2.38. The Morgan fingerprint density at radius 2 is 1.96 bits per heavy atom. The monoisotopic (exact) mass is 319 g/mol. The molecule has 3 rings (SSSR count). The molecule has 0 saturated carbocycles. The van der Waals surface area contributed by atoms with Gasteiger partial charge in [0, 0.05) is 18.2 Å². The van der Waals surface area contributed by atoms with Gasteiger partial charge in [-0.3, -0.25) is 0 Å². The third kappa shape index (κ3) is 3.01. The molecule has 0 radical (unpaired) electrons. The van der Waals surface area contributed by atoms with Gasteiger partial charge in [0.1, 0.15) is 11.6 Å². The van der Waals surface area contributed by atoms with Crippen molar-refractivity contribution in [1.29, 1.82) is 0 Å². The van der Waals surface area contributed by atoms with Crippen LogP contribution in [0.5, 0.6) is 11.5 Å². The van der Waals surface area contributed by atoms with Gasteiger partial charge in [-0.1, -0.05) is 6.07 Å². The molecule has 1 unspecified atom stereocenters. The normalized spacial score (nSPS) is 16.8. The quantitative estimate of drug-likeness (QED) is 0.934. The van der Waals surface area contributed by atoms with E-state index in [1.54, 1.807) is 7.11 Å². The Morgan fingerprint density at radius 1 is 1.13 bits per heavy atom. The van der Waals surface area contributed by atoms with Crippen LogP contribution < -0.4 is 14.8 Å². The average molecular weight is 319 g/mol. The van der Waals surface area contributed by atoms with Crippen LogP contribution >= 0.6 is 0 Å². The Kier molecular flexibility index (Phi) is 4.48. The van der Waals surface area contributed by atoms with E-state index in [-0.39, 0.29) is 6.04 Å². The first kappa shape index (κ1) is 15.7. The standard InChI is InChI=1S/C18H19F2NO2/c1-3-23-17-10-14-11(8-16(17)22-2)6-7-21-18(14)13-5-4-12(19)9-15(13)20/h4-5,8-10,18,21H,3,6-7H2,1-2H3. The van der Waals surface area contributed by atoms with E-state index >= 15 is 0 Å². The lowest BCUT2D eigenvalue weighted by Crippen LogP contribution is -2.31. The zero-order valence-electron chi connectivity index (χ0n) is 13.2. The highest BCUT2D eigenvalue weighted by atomic mass is 19.1. The van der Waals surface area contributed by atoms with Gasteiger partial charge in [-0.2, -0.15) is 0 Å². The summed E-state index contributed by atoms with van der Waals surface area (Å²) in [5, 5.41) is 3.30. The van der Waals surface area contributed by atoms with Gasteiger partial charge in [0.05, 0.1) is 19.8 Å². The molecule has 1 aliphatic rings. The topological polar surface area (TPSA) is 30.5 Å². The van der Waals surface area contributed by atoms with Crippen molar-refractivity contribution < 1.29 is 18.3 Å². The molecule has 122 valence electrons. The summed E-state index contributed by atoms with van der Waals surface area (Å²) >= 11 is 0. The minimum absolute atomic E-state index is 0.329. The van der Waals surface area contributed by atoms with Gasteiger partial charge in [-0.15, -0.1) is 0 Å². The largest absolute Gasteiger partial charge is 0.493 e. The number of benzene rings is 2. The molecule has 0 bridgehead atoms. The van der Waals surface area contributed by atoms with Crippen molar-refractivity contribution in [2.24, 2.45) is 0 Å². The predicted molar refractivity (Wildman–Crippen MR) is 84.1 cm³/mol. The van der Waals surface area contributed by atoms with Crippen LogP contribution in [0.25, 0.3) is 0 Å². The van der Waals surface area contributed by atoms with E-state index in [9.17, 15) is 8.78 Å². The Hall–Kier alpha value is -2.14. The molecule has 1 N–H and O–H groups in total. The molecule has 1 aliphatic heterocycles. The number of methoxy groups -OCH3 is 1. The third-order valence-corrected chi connectivity index (χ3v) is 4.05. The van der Waals surface area contributed by atoms with Gasteiger partial charge in [0.25, 0.3) is 0 Å². The number of ether oxygens (including phenoxy) is 2. The second kappa shape index (κ2) is 6.54. The summed E-state index contributed by atoms with van der Waals surface area (Å²) in [7, 11) is 1.60. The zero-order chi connectivity index (χ0) is 16.4. The molecule has 0 aromatic heterocycles. The van der Waals surface area contributed by atoms with Crippen molar-refractivity contribution in [2.45, 2.75) is 19.4 Å². The van der Waals surface area contributed by atoms with Gasteiger partial charge in [0.2, 0.25) is 0 Å². The summed E-state index contributed by atoms with van der Waals surface area (Å²) in [6.07, 6.45) is 0.817.